The second kappa shape index (κ2) is 5.43. The van der Waals surface area contributed by atoms with Crippen LogP contribution in [0.1, 0.15) is 0 Å². The Hall–Kier alpha value is -2.65. The molecule has 0 spiro atoms. The minimum absolute atomic E-state index is 1.02. The molecule has 0 amide bonds. The molecule has 0 unspecified atom stereocenters. The lowest BCUT2D eigenvalue weighted by atomic mass is 10.0. The molecule has 0 aliphatic carbocycles. The Morgan fingerprint density at radius 1 is 0.800 bits per heavy atom. The second-order valence-electron chi connectivity index (χ2n) is 6.29. The van der Waals surface area contributed by atoms with E-state index in [1.165, 1.54) is 27.1 Å². The number of pyridine rings is 1. The van der Waals surface area contributed by atoms with E-state index < -0.39 is 0 Å². The van der Waals surface area contributed by atoms with Gasteiger partial charge in [-0.25, -0.2) is 4.98 Å². The van der Waals surface area contributed by atoms with Crippen molar-refractivity contribution < 1.29 is 0 Å². The van der Waals surface area contributed by atoms with E-state index in [9.17, 15) is 0 Å². The summed E-state index contributed by atoms with van der Waals surface area (Å²) in [6, 6.07) is 25.4. The third-order valence-corrected chi connectivity index (χ3v) is 5.34. The number of nitrogens with zero attached hydrogens (tertiary/aromatic N) is 2. The van der Waals surface area contributed by atoms with E-state index in [0.29, 0.717) is 0 Å². The maximum absolute atomic E-state index is 5.09. The van der Waals surface area contributed by atoms with Gasteiger partial charge in [-0.3, -0.25) is 0 Å². The van der Waals surface area contributed by atoms with Crippen LogP contribution < -0.4 is 0 Å². The highest BCUT2D eigenvalue weighted by molar-refractivity contribution is 9.10. The van der Waals surface area contributed by atoms with E-state index in [2.05, 4.69) is 94.3 Å². The minimum atomic E-state index is 1.02. The fraction of sp³-hybridized carbons (Fsp3) is 0.0455. The van der Waals surface area contributed by atoms with Crippen LogP contribution in [0, 0.1) is 0 Å². The molecule has 0 bridgehead atoms. The molecule has 25 heavy (non-hydrogen) atoms. The summed E-state index contributed by atoms with van der Waals surface area (Å²) in [6.45, 7) is 0. The van der Waals surface area contributed by atoms with Gasteiger partial charge >= 0.3 is 0 Å². The van der Waals surface area contributed by atoms with Gasteiger partial charge in [0.2, 0.25) is 0 Å². The summed E-state index contributed by atoms with van der Waals surface area (Å²) in [5.74, 6) is 0. The van der Waals surface area contributed by atoms with E-state index in [0.717, 1.165) is 21.4 Å². The van der Waals surface area contributed by atoms with Crippen LogP contribution in [0.25, 0.3) is 44.0 Å². The minimum Gasteiger partial charge on any atom is -0.328 e. The zero-order valence-corrected chi connectivity index (χ0v) is 15.3. The summed E-state index contributed by atoms with van der Waals surface area (Å²) in [5, 5.41) is 4.88. The van der Waals surface area contributed by atoms with Crippen LogP contribution in [-0.2, 0) is 7.05 Å². The van der Waals surface area contributed by atoms with Crippen molar-refractivity contribution in [3.05, 3.63) is 77.3 Å². The van der Waals surface area contributed by atoms with Gasteiger partial charge in [-0.15, -0.1) is 0 Å². The molecule has 5 aromatic rings. The SMILES string of the molecule is Cn1c2ccc(Br)cc2c2c3ccccc3c(-c3ccccc3)nc21. The first kappa shape index (κ1) is 14.7. The summed E-state index contributed by atoms with van der Waals surface area (Å²) in [7, 11) is 2.09. The van der Waals surface area contributed by atoms with Gasteiger partial charge in [0.05, 0.1) is 11.2 Å². The number of fused-ring (bicyclic) bond motifs is 5. The van der Waals surface area contributed by atoms with E-state index in [4.69, 9.17) is 4.98 Å². The maximum Gasteiger partial charge on any atom is 0.142 e. The van der Waals surface area contributed by atoms with Gasteiger partial charge in [0, 0.05) is 33.2 Å². The number of aryl methyl sites for hydroxylation is 1. The normalized spacial score (nSPS) is 11.6. The molecule has 120 valence electrons. The highest BCUT2D eigenvalue weighted by Gasteiger charge is 2.16. The van der Waals surface area contributed by atoms with Crippen LogP contribution >= 0.6 is 15.9 Å². The highest BCUT2D eigenvalue weighted by Crippen LogP contribution is 2.38. The average molecular weight is 387 g/mol. The molecule has 0 aliphatic heterocycles. The Balaban J connectivity index is 2.05. The van der Waals surface area contributed by atoms with Gasteiger partial charge < -0.3 is 4.57 Å². The predicted molar refractivity (Wildman–Crippen MR) is 109 cm³/mol. The monoisotopic (exact) mass is 386 g/mol. The molecule has 0 radical (unpaired) electrons. The molecular formula is C22H15BrN2. The maximum atomic E-state index is 5.09. The third-order valence-electron chi connectivity index (χ3n) is 4.85. The second-order valence-corrected chi connectivity index (χ2v) is 7.21. The van der Waals surface area contributed by atoms with Crippen molar-refractivity contribution in [3.8, 4) is 11.3 Å². The molecule has 0 atom stereocenters. The van der Waals surface area contributed by atoms with E-state index in [1.807, 2.05) is 6.07 Å². The van der Waals surface area contributed by atoms with Gasteiger partial charge in [-0.1, -0.05) is 70.5 Å². The summed E-state index contributed by atoms with van der Waals surface area (Å²) >= 11 is 3.61. The fourth-order valence-corrected chi connectivity index (χ4v) is 4.05. The smallest absolute Gasteiger partial charge is 0.142 e. The molecule has 2 nitrogen and oxygen atoms in total. The van der Waals surface area contributed by atoms with Gasteiger partial charge in [-0.2, -0.15) is 0 Å². The molecule has 0 saturated carbocycles. The third kappa shape index (κ3) is 2.12. The van der Waals surface area contributed by atoms with Crippen LogP contribution in [0.2, 0.25) is 0 Å². The number of benzene rings is 3. The predicted octanol–water partition coefficient (Wildman–Crippen LogP) is 6.31. The number of halogens is 1. The van der Waals surface area contributed by atoms with Crippen molar-refractivity contribution in [1.82, 2.24) is 9.55 Å². The van der Waals surface area contributed by atoms with Crippen molar-refractivity contribution >= 4 is 48.6 Å². The molecule has 3 heteroatoms. The molecule has 0 saturated heterocycles. The van der Waals surface area contributed by atoms with Crippen molar-refractivity contribution in [1.29, 1.82) is 0 Å². The average Bonchev–Trinajstić information content (AvgIpc) is 2.93. The summed E-state index contributed by atoms with van der Waals surface area (Å²) < 4.78 is 3.28. The zero-order valence-electron chi connectivity index (χ0n) is 13.7. The number of hydrogen-bond donors (Lipinski definition) is 0. The quantitative estimate of drug-likeness (QED) is 0.330. The Labute approximate surface area is 153 Å². The van der Waals surface area contributed by atoms with Crippen LogP contribution in [0.5, 0.6) is 0 Å². The van der Waals surface area contributed by atoms with Crippen molar-refractivity contribution in [2.24, 2.45) is 7.05 Å². The van der Waals surface area contributed by atoms with Gasteiger partial charge in [0.1, 0.15) is 5.65 Å². The first-order valence-corrected chi connectivity index (χ1v) is 9.05. The molecule has 0 fully saturated rings. The van der Waals surface area contributed by atoms with E-state index in [-0.39, 0.29) is 0 Å². The lowest BCUT2D eigenvalue weighted by Gasteiger charge is -2.08. The van der Waals surface area contributed by atoms with E-state index in [1.54, 1.807) is 0 Å². The van der Waals surface area contributed by atoms with Crippen molar-refractivity contribution in [2.45, 2.75) is 0 Å². The standard InChI is InChI=1S/C22H15BrN2/c1-25-19-12-11-15(23)13-18(19)20-16-9-5-6-10-17(16)21(24-22(20)25)14-7-3-2-4-8-14/h2-13H,1H3. The topological polar surface area (TPSA) is 17.8 Å². The Morgan fingerprint density at radius 3 is 2.32 bits per heavy atom. The summed E-state index contributed by atoms with van der Waals surface area (Å²) in [6.07, 6.45) is 0. The lowest BCUT2D eigenvalue weighted by molar-refractivity contribution is 0.992. The molecule has 5 rings (SSSR count). The fourth-order valence-electron chi connectivity index (χ4n) is 3.69. The van der Waals surface area contributed by atoms with Crippen LogP contribution in [0.3, 0.4) is 0 Å². The highest BCUT2D eigenvalue weighted by atomic mass is 79.9. The Kier molecular flexibility index (Phi) is 3.19. The van der Waals surface area contributed by atoms with Gasteiger partial charge in [0.25, 0.3) is 0 Å². The molecule has 2 aromatic heterocycles. The first-order chi connectivity index (χ1) is 12.2. The van der Waals surface area contributed by atoms with Gasteiger partial charge in [-0.05, 0) is 23.6 Å². The summed E-state index contributed by atoms with van der Waals surface area (Å²) in [5.41, 5.74) is 4.40. The van der Waals surface area contributed by atoms with Gasteiger partial charge in [0.15, 0.2) is 0 Å². The van der Waals surface area contributed by atoms with Crippen LogP contribution in [0.4, 0.5) is 0 Å². The number of rotatable bonds is 1. The largest absolute Gasteiger partial charge is 0.328 e. The molecule has 0 N–H and O–H groups in total. The Bertz CT molecular complexity index is 1250. The van der Waals surface area contributed by atoms with Crippen LogP contribution in [-0.4, -0.2) is 9.55 Å². The zero-order chi connectivity index (χ0) is 17.0. The van der Waals surface area contributed by atoms with Crippen molar-refractivity contribution in [3.63, 3.8) is 0 Å². The summed E-state index contributed by atoms with van der Waals surface area (Å²) in [4.78, 5) is 5.09. The Morgan fingerprint density at radius 2 is 1.52 bits per heavy atom. The molecule has 0 aliphatic rings. The lowest BCUT2D eigenvalue weighted by Crippen LogP contribution is -1.93. The van der Waals surface area contributed by atoms with Crippen LogP contribution in [0.15, 0.2) is 77.3 Å². The van der Waals surface area contributed by atoms with E-state index >= 15 is 0 Å². The molecule has 3 aromatic carbocycles. The first-order valence-electron chi connectivity index (χ1n) is 8.26. The molecular weight excluding hydrogens is 372 g/mol. The molecule has 2 heterocycles. The van der Waals surface area contributed by atoms with Crippen molar-refractivity contribution in [2.75, 3.05) is 0 Å². The number of hydrogen-bond acceptors (Lipinski definition) is 1. The number of aromatic nitrogens is 2.